The van der Waals surface area contributed by atoms with Gasteiger partial charge in [-0.3, -0.25) is 9.88 Å². The number of aromatic nitrogens is 1. The van der Waals surface area contributed by atoms with Crippen LogP contribution in [0.3, 0.4) is 0 Å². The number of aryl methyl sites for hydroxylation is 1. The van der Waals surface area contributed by atoms with Crippen molar-refractivity contribution in [2.24, 2.45) is 0 Å². The minimum Gasteiger partial charge on any atom is -0.465 e. The summed E-state index contributed by atoms with van der Waals surface area (Å²) in [6.07, 6.45) is 2.64. The van der Waals surface area contributed by atoms with E-state index in [-0.39, 0.29) is 0 Å². The van der Waals surface area contributed by atoms with Crippen LogP contribution in [-0.4, -0.2) is 36.3 Å². The van der Waals surface area contributed by atoms with Gasteiger partial charge in [-0.25, -0.2) is 9.59 Å². The Hall–Kier alpha value is -2.11. The van der Waals surface area contributed by atoms with Crippen LogP contribution in [0, 0.1) is 0 Å². The molecule has 0 N–H and O–H groups in total. The Balaban J connectivity index is 2.33. The van der Waals surface area contributed by atoms with Gasteiger partial charge in [0.25, 0.3) is 0 Å². The zero-order valence-corrected chi connectivity index (χ0v) is 12.8. The summed E-state index contributed by atoms with van der Waals surface area (Å²) in [5.74, 6) is -0.472. The maximum absolute atomic E-state index is 12.3. The smallest absolute Gasteiger partial charge is 0.414 e. The summed E-state index contributed by atoms with van der Waals surface area (Å²) >= 11 is 0. The molecule has 0 aromatic carbocycles. The fourth-order valence-electron chi connectivity index (χ4n) is 2.17. The molecule has 2 heterocycles. The SMILES string of the molecule is COC(=O)c1cnc2c(c1)N(C(=O)OC(C)(C)C)CCC2. The van der Waals surface area contributed by atoms with Gasteiger partial charge in [-0.2, -0.15) is 0 Å². The first-order chi connectivity index (χ1) is 9.81. The van der Waals surface area contributed by atoms with Crippen molar-refractivity contribution in [1.82, 2.24) is 4.98 Å². The average molecular weight is 292 g/mol. The van der Waals surface area contributed by atoms with E-state index in [1.54, 1.807) is 6.07 Å². The van der Waals surface area contributed by atoms with Gasteiger partial charge >= 0.3 is 12.1 Å². The van der Waals surface area contributed by atoms with Crippen LogP contribution in [0.25, 0.3) is 0 Å². The van der Waals surface area contributed by atoms with E-state index in [2.05, 4.69) is 9.72 Å². The van der Waals surface area contributed by atoms with E-state index < -0.39 is 17.7 Å². The number of nitrogens with zero attached hydrogens (tertiary/aromatic N) is 2. The van der Waals surface area contributed by atoms with E-state index >= 15 is 0 Å². The number of fused-ring (bicyclic) bond motifs is 1. The summed E-state index contributed by atoms with van der Waals surface area (Å²) in [5, 5.41) is 0. The minimum atomic E-state index is -0.567. The number of ether oxygens (including phenoxy) is 2. The van der Waals surface area contributed by atoms with Gasteiger partial charge in [-0.15, -0.1) is 0 Å². The molecule has 0 fully saturated rings. The molecule has 1 aromatic rings. The van der Waals surface area contributed by atoms with E-state index in [9.17, 15) is 9.59 Å². The standard InChI is InChI=1S/C15H20N2O4/c1-15(2,3)21-14(19)17-7-5-6-11-12(17)8-10(9-16-11)13(18)20-4/h8-9H,5-7H2,1-4H3. The second kappa shape index (κ2) is 5.71. The molecule has 1 aliphatic rings. The Morgan fingerprint density at radius 2 is 2.05 bits per heavy atom. The van der Waals surface area contributed by atoms with Crippen LogP contribution >= 0.6 is 0 Å². The number of carbonyl (C=O) groups is 2. The highest BCUT2D eigenvalue weighted by atomic mass is 16.6. The zero-order valence-electron chi connectivity index (χ0n) is 12.8. The number of hydrogen-bond acceptors (Lipinski definition) is 5. The largest absolute Gasteiger partial charge is 0.465 e. The Morgan fingerprint density at radius 3 is 2.67 bits per heavy atom. The molecule has 0 bridgehead atoms. The highest BCUT2D eigenvalue weighted by Gasteiger charge is 2.28. The first kappa shape index (κ1) is 15.3. The maximum Gasteiger partial charge on any atom is 0.414 e. The molecule has 0 aliphatic carbocycles. The third-order valence-corrected chi connectivity index (χ3v) is 3.07. The Kier molecular flexibility index (Phi) is 4.16. The van der Waals surface area contributed by atoms with Gasteiger partial charge in [-0.1, -0.05) is 0 Å². The highest BCUT2D eigenvalue weighted by Crippen LogP contribution is 2.28. The summed E-state index contributed by atoms with van der Waals surface area (Å²) in [7, 11) is 1.31. The van der Waals surface area contributed by atoms with Crippen molar-refractivity contribution in [3.63, 3.8) is 0 Å². The number of methoxy groups -OCH3 is 1. The van der Waals surface area contributed by atoms with Gasteiger partial charge in [0, 0.05) is 12.7 Å². The van der Waals surface area contributed by atoms with Crippen LogP contribution in [0.2, 0.25) is 0 Å². The van der Waals surface area contributed by atoms with E-state index in [1.165, 1.54) is 18.2 Å². The van der Waals surface area contributed by atoms with Crippen LogP contribution in [0.4, 0.5) is 10.5 Å². The van der Waals surface area contributed by atoms with E-state index in [4.69, 9.17) is 4.74 Å². The predicted octanol–water partition coefficient (Wildman–Crippen LogP) is 2.56. The van der Waals surface area contributed by atoms with Gasteiger partial charge in [-0.05, 0) is 39.7 Å². The summed E-state index contributed by atoms with van der Waals surface area (Å²) in [5.41, 5.74) is 1.17. The van der Waals surface area contributed by atoms with Crippen molar-refractivity contribution in [3.05, 3.63) is 23.5 Å². The fourth-order valence-corrected chi connectivity index (χ4v) is 2.17. The summed E-state index contributed by atoms with van der Waals surface area (Å²) < 4.78 is 10.1. The van der Waals surface area contributed by atoms with Crippen LogP contribution in [0.1, 0.15) is 43.2 Å². The molecule has 0 saturated heterocycles. The van der Waals surface area contributed by atoms with Crippen molar-refractivity contribution < 1.29 is 19.1 Å². The van der Waals surface area contributed by atoms with Crippen LogP contribution < -0.4 is 4.90 Å². The zero-order chi connectivity index (χ0) is 15.6. The van der Waals surface area contributed by atoms with E-state index in [0.29, 0.717) is 17.8 Å². The van der Waals surface area contributed by atoms with Crippen LogP contribution in [-0.2, 0) is 15.9 Å². The molecule has 6 heteroatoms. The molecule has 2 rings (SSSR count). The topological polar surface area (TPSA) is 68.7 Å². The number of carbonyl (C=O) groups excluding carboxylic acids is 2. The molecule has 0 radical (unpaired) electrons. The molecule has 6 nitrogen and oxygen atoms in total. The quantitative estimate of drug-likeness (QED) is 0.744. The van der Waals surface area contributed by atoms with Crippen molar-refractivity contribution >= 4 is 17.7 Å². The van der Waals surface area contributed by atoms with Gasteiger partial charge in [0.2, 0.25) is 0 Å². The normalized spacial score (nSPS) is 14.4. The number of anilines is 1. The van der Waals surface area contributed by atoms with Crippen LogP contribution in [0.5, 0.6) is 0 Å². The predicted molar refractivity (Wildman–Crippen MR) is 77.5 cm³/mol. The molecule has 114 valence electrons. The van der Waals surface area contributed by atoms with Crippen molar-refractivity contribution in [1.29, 1.82) is 0 Å². The third kappa shape index (κ3) is 3.51. The molecule has 0 spiro atoms. The second-order valence-electron chi connectivity index (χ2n) is 5.92. The van der Waals surface area contributed by atoms with E-state index in [1.807, 2.05) is 20.8 Å². The molecule has 21 heavy (non-hydrogen) atoms. The summed E-state index contributed by atoms with van der Waals surface area (Å²) in [6, 6.07) is 1.64. The van der Waals surface area contributed by atoms with Gasteiger partial charge in [0.15, 0.2) is 0 Å². The van der Waals surface area contributed by atoms with Crippen molar-refractivity contribution in [2.75, 3.05) is 18.6 Å². The average Bonchev–Trinajstić information content (AvgIpc) is 2.43. The lowest BCUT2D eigenvalue weighted by Crippen LogP contribution is -2.40. The maximum atomic E-state index is 12.3. The lowest BCUT2D eigenvalue weighted by Gasteiger charge is -2.31. The first-order valence-electron chi connectivity index (χ1n) is 6.89. The number of esters is 1. The minimum absolute atomic E-state index is 0.326. The van der Waals surface area contributed by atoms with E-state index in [0.717, 1.165) is 18.5 Å². The third-order valence-electron chi connectivity index (χ3n) is 3.07. The Bertz CT molecular complexity index is 563. The second-order valence-corrected chi connectivity index (χ2v) is 5.92. The number of rotatable bonds is 1. The monoisotopic (exact) mass is 292 g/mol. The number of hydrogen-bond donors (Lipinski definition) is 0. The highest BCUT2D eigenvalue weighted by molar-refractivity contribution is 5.94. The Labute approximate surface area is 124 Å². The fraction of sp³-hybridized carbons (Fsp3) is 0.533. The molecule has 0 saturated carbocycles. The molecule has 0 atom stereocenters. The molecule has 1 aliphatic heterocycles. The molecule has 0 unspecified atom stereocenters. The summed E-state index contributed by atoms with van der Waals surface area (Å²) in [4.78, 5) is 29.7. The summed E-state index contributed by atoms with van der Waals surface area (Å²) in [6.45, 7) is 6.00. The number of pyridine rings is 1. The lowest BCUT2D eigenvalue weighted by molar-refractivity contribution is 0.0570. The van der Waals surface area contributed by atoms with Crippen molar-refractivity contribution in [2.45, 2.75) is 39.2 Å². The van der Waals surface area contributed by atoms with Crippen molar-refractivity contribution in [3.8, 4) is 0 Å². The molecule has 1 aromatic heterocycles. The molecule has 1 amide bonds. The lowest BCUT2D eigenvalue weighted by atomic mass is 10.1. The van der Waals surface area contributed by atoms with Gasteiger partial charge in [0.05, 0.1) is 24.1 Å². The first-order valence-corrected chi connectivity index (χ1v) is 6.89. The van der Waals surface area contributed by atoms with Gasteiger partial charge < -0.3 is 9.47 Å². The number of amides is 1. The molecular formula is C15H20N2O4. The van der Waals surface area contributed by atoms with Gasteiger partial charge in [0.1, 0.15) is 5.60 Å². The Morgan fingerprint density at radius 1 is 1.33 bits per heavy atom. The molecular weight excluding hydrogens is 272 g/mol. The van der Waals surface area contributed by atoms with Crippen LogP contribution in [0.15, 0.2) is 12.3 Å².